The van der Waals surface area contributed by atoms with Crippen LogP contribution in [0.3, 0.4) is 0 Å². The first kappa shape index (κ1) is 23.8. The van der Waals surface area contributed by atoms with Gasteiger partial charge in [-0.1, -0.05) is 48.5 Å². The number of carbonyl (C=O) groups excluding carboxylic acids is 2. The number of rotatable bonds is 8. The molecule has 2 aromatic carbocycles. The number of nitrogens with zero attached hydrogens (tertiary/aromatic N) is 1. The third-order valence-corrected chi connectivity index (χ3v) is 6.51. The van der Waals surface area contributed by atoms with Crippen LogP contribution in [-0.2, 0) is 14.3 Å². The molecule has 1 aliphatic heterocycles. The normalized spacial score (nSPS) is 16.9. The highest BCUT2D eigenvalue weighted by Crippen LogP contribution is 2.44. The average Bonchev–Trinajstić information content (AvgIpc) is 3.12. The van der Waals surface area contributed by atoms with Gasteiger partial charge in [-0.25, -0.2) is 4.79 Å². The zero-order valence-electron chi connectivity index (χ0n) is 19.3. The molecule has 0 aromatic heterocycles. The Morgan fingerprint density at radius 2 is 1.62 bits per heavy atom. The summed E-state index contributed by atoms with van der Waals surface area (Å²) in [7, 11) is 0. The number of hydrogen-bond acceptors (Lipinski definition) is 5. The number of alkyl carbamates (subject to hydrolysis) is 1. The van der Waals surface area contributed by atoms with Gasteiger partial charge in [0.15, 0.2) is 0 Å². The number of piperidine rings is 1. The van der Waals surface area contributed by atoms with Crippen LogP contribution < -0.4 is 10.6 Å². The zero-order valence-corrected chi connectivity index (χ0v) is 19.3. The zero-order chi connectivity index (χ0) is 24.1. The number of aliphatic carboxylic acids is 1. The molecule has 2 aromatic rings. The van der Waals surface area contributed by atoms with Crippen LogP contribution in [0.4, 0.5) is 4.79 Å². The Labute approximate surface area is 199 Å². The third-order valence-electron chi connectivity index (χ3n) is 6.51. The summed E-state index contributed by atoms with van der Waals surface area (Å²) in [5.74, 6) is -1.09. The summed E-state index contributed by atoms with van der Waals surface area (Å²) in [5, 5.41) is 14.5. The summed E-state index contributed by atoms with van der Waals surface area (Å²) >= 11 is 0. The molecule has 0 saturated carbocycles. The monoisotopic (exact) mass is 465 g/mol. The highest BCUT2D eigenvalue weighted by atomic mass is 16.5. The Morgan fingerprint density at radius 3 is 2.21 bits per heavy atom. The number of carbonyl (C=O) groups is 3. The van der Waals surface area contributed by atoms with Gasteiger partial charge in [-0.2, -0.15) is 0 Å². The van der Waals surface area contributed by atoms with Gasteiger partial charge in [-0.05, 0) is 42.0 Å². The summed E-state index contributed by atoms with van der Waals surface area (Å²) in [6, 6.07) is 16.1. The fourth-order valence-electron chi connectivity index (χ4n) is 4.88. The van der Waals surface area contributed by atoms with Crippen molar-refractivity contribution in [1.82, 2.24) is 15.5 Å². The highest BCUT2D eigenvalue weighted by molar-refractivity contribution is 5.80. The van der Waals surface area contributed by atoms with Crippen LogP contribution in [0.1, 0.15) is 43.2 Å². The van der Waals surface area contributed by atoms with E-state index < -0.39 is 18.1 Å². The topological polar surface area (TPSA) is 108 Å². The molecule has 1 atom stereocenters. The van der Waals surface area contributed by atoms with Crippen molar-refractivity contribution in [3.05, 3.63) is 59.7 Å². The van der Waals surface area contributed by atoms with E-state index in [9.17, 15) is 14.4 Å². The Hall–Kier alpha value is -3.39. The summed E-state index contributed by atoms with van der Waals surface area (Å²) in [6.07, 6.45) is 0.933. The van der Waals surface area contributed by atoms with Crippen molar-refractivity contribution in [2.24, 2.45) is 0 Å². The molecule has 2 amide bonds. The molecule has 3 N–H and O–H groups in total. The number of ether oxygens (including phenoxy) is 1. The second kappa shape index (κ2) is 10.7. The van der Waals surface area contributed by atoms with E-state index in [4.69, 9.17) is 9.84 Å². The van der Waals surface area contributed by atoms with E-state index in [0.29, 0.717) is 13.1 Å². The molecule has 1 heterocycles. The number of likely N-dealkylation sites (tertiary alicyclic amines) is 1. The van der Waals surface area contributed by atoms with Crippen LogP contribution >= 0.6 is 0 Å². The maximum Gasteiger partial charge on any atom is 0.407 e. The molecule has 0 bridgehead atoms. The number of carboxylic acids is 1. The molecule has 1 aliphatic carbocycles. The lowest BCUT2D eigenvalue weighted by atomic mass is 9.98. The molecule has 4 rings (SSSR count). The van der Waals surface area contributed by atoms with Crippen LogP contribution in [0.5, 0.6) is 0 Å². The molecule has 8 nitrogen and oxygen atoms in total. The van der Waals surface area contributed by atoms with E-state index in [1.807, 2.05) is 29.2 Å². The molecule has 1 saturated heterocycles. The van der Waals surface area contributed by atoms with Crippen LogP contribution in [0.15, 0.2) is 48.5 Å². The average molecular weight is 466 g/mol. The Balaban J connectivity index is 1.21. The molecule has 34 heavy (non-hydrogen) atoms. The fourth-order valence-corrected chi connectivity index (χ4v) is 4.88. The first-order chi connectivity index (χ1) is 16.4. The van der Waals surface area contributed by atoms with Crippen molar-refractivity contribution in [3.63, 3.8) is 0 Å². The van der Waals surface area contributed by atoms with Gasteiger partial charge < -0.3 is 20.5 Å². The minimum Gasteiger partial charge on any atom is -0.481 e. The van der Waals surface area contributed by atoms with E-state index in [-0.39, 0.29) is 37.4 Å². The third kappa shape index (κ3) is 5.75. The van der Waals surface area contributed by atoms with Gasteiger partial charge in [-0.15, -0.1) is 0 Å². The first-order valence-corrected chi connectivity index (χ1v) is 11.8. The lowest BCUT2D eigenvalue weighted by Gasteiger charge is -2.32. The molecule has 0 unspecified atom stereocenters. The van der Waals surface area contributed by atoms with Crippen LogP contribution in [-0.4, -0.2) is 66.3 Å². The summed E-state index contributed by atoms with van der Waals surface area (Å²) in [4.78, 5) is 37.4. The predicted octanol–water partition coefficient (Wildman–Crippen LogP) is 2.97. The van der Waals surface area contributed by atoms with Crippen molar-refractivity contribution >= 4 is 18.0 Å². The van der Waals surface area contributed by atoms with Gasteiger partial charge in [0.05, 0.1) is 13.0 Å². The molecular weight excluding hydrogens is 434 g/mol. The first-order valence-electron chi connectivity index (χ1n) is 11.8. The maximum absolute atomic E-state index is 12.5. The number of fused-ring (bicyclic) bond motifs is 3. The second-order valence-electron chi connectivity index (χ2n) is 9.09. The summed E-state index contributed by atoms with van der Waals surface area (Å²) < 4.78 is 5.63. The van der Waals surface area contributed by atoms with Crippen LogP contribution in [0.25, 0.3) is 11.1 Å². The molecule has 0 spiro atoms. The number of hydrogen-bond donors (Lipinski definition) is 3. The predicted molar refractivity (Wildman–Crippen MR) is 128 cm³/mol. The van der Waals surface area contributed by atoms with Gasteiger partial charge in [0.25, 0.3) is 0 Å². The Morgan fingerprint density at radius 1 is 1.03 bits per heavy atom. The molecule has 8 heteroatoms. The summed E-state index contributed by atoms with van der Waals surface area (Å²) in [5.41, 5.74) is 4.75. The van der Waals surface area contributed by atoms with Gasteiger partial charge >= 0.3 is 12.1 Å². The number of amides is 2. The SMILES string of the molecule is C[C@@H](CC(=O)O)NC(=O)CN1CCC(NC(=O)OCC2c3ccccc3-c3ccccc32)CC1. The Kier molecular flexibility index (Phi) is 7.47. The van der Waals surface area contributed by atoms with E-state index in [1.165, 1.54) is 22.3 Å². The van der Waals surface area contributed by atoms with Crippen LogP contribution in [0, 0.1) is 0 Å². The van der Waals surface area contributed by atoms with Gasteiger partial charge in [0, 0.05) is 31.1 Å². The van der Waals surface area contributed by atoms with E-state index in [0.717, 1.165) is 12.8 Å². The molecule has 1 fully saturated rings. The molecule has 0 radical (unpaired) electrons. The van der Waals surface area contributed by atoms with Gasteiger partial charge in [-0.3, -0.25) is 14.5 Å². The quantitative estimate of drug-likeness (QED) is 0.553. The smallest absolute Gasteiger partial charge is 0.407 e. The maximum atomic E-state index is 12.5. The highest BCUT2D eigenvalue weighted by Gasteiger charge is 2.29. The molecule has 180 valence electrons. The number of benzene rings is 2. The minimum atomic E-state index is -0.937. The number of carboxylic acid groups (broad SMARTS) is 1. The largest absolute Gasteiger partial charge is 0.481 e. The minimum absolute atomic E-state index is 0.000829. The van der Waals surface area contributed by atoms with Crippen molar-refractivity contribution in [3.8, 4) is 11.1 Å². The van der Waals surface area contributed by atoms with E-state index >= 15 is 0 Å². The van der Waals surface area contributed by atoms with Crippen molar-refractivity contribution in [1.29, 1.82) is 0 Å². The number of nitrogens with one attached hydrogen (secondary N) is 2. The Bertz CT molecular complexity index is 1000. The van der Waals surface area contributed by atoms with Crippen LogP contribution in [0.2, 0.25) is 0 Å². The molecular formula is C26H31N3O5. The lowest BCUT2D eigenvalue weighted by Crippen LogP contribution is -2.48. The fraction of sp³-hybridized carbons (Fsp3) is 0.423. The standard InChI is InChI=1S/C26H31N3O5/c1-17(14-25(31)32)27-24(30)15-29-12-10-18(11-13-29)28-26(33)34-16-23-21-8-4-2-6-19(21)20-7-3-5-9-22(20)23/h2-9,17-18,23H,10-16H2,1H3,(H,27,30)(H,28,33)(H,31,32)/t17-/m0/s1. The second-order valence-corrected chi connectivity index (χ2v) is 9.09. The summed E-state index contributed by atoms with van der Waals surface area (Å²) in [6.45, 7) is 3.54. The van der Waals surface area contributed by atoms with E-state index in [2.05, 4.69) is 34.9 Å². The van der Waals surface area contributed by atoms with Crippen molar-refractivity contribution < 1.29 is 24.2 Å². The van der Waals surface area contributed by atoms with Crippen molar-refractivity contribution in [2.45, 2.75) is 44.2 Å². The van der Waals surface area contributed by atoms with E-state index in [1.54, 1.807) is 6.92 Å². The van der Waals surface area contributed by atoms with Gasteiger partial charge in [0.2, 0.25) is 5.91 Å². The van der Waals surface area contributed by atoms with Crippen molar-refractivity contribution in [2.75, 3.05) is 26.2 Å². The lowest BCUT2D eigenvalue weighted by molar-refractivity contribution is -0.137. The van der Waals surface area contributed by atoms with Gasteiger partial charge in [0.1, 0.15) is 6.61 Å². The molecule has 2 aliphatic rings.